The van der Waals surface area contributed by atoms with E-state index in [0.29, 0.717) is 0 Å². The van der Waals surface area contributed by atoms with E-state index < -0.39 is 0 Å². The number of pyridine rings is 1. The van der Waals surface area contributed by atoms with E-state index in [9.17, 15) is 0 Å². The number of rotatable bonds is 3. The first kappa shape index (κ1) is 13.8. The third-order valence-electron chi connectivity index (χ3n) is 3.37. The Hall–Kier alpha value is -2.14. The minimum atomic E-state index is -0.251. The van der Waals surface area contributed by atoms with Gasteiger partial charge in [-0.05, 0) is 45.0 Å². The summed E-state index contributed by atoms with van der Waals surface area (Å²) in [4.78, 5) is 8.98. The van der Waals surface area contributed by atoms with Crippen LogP contribution in [0.25, 0.3) is 10.9 Å². The van der Waals surface area contributed by atoms with Crippen LogP contribution in [0.3, 0.4) is 0 Å². The fourth-order valence-electron chi connectivity index (χ4n) is 2.40. The van der Waals surface area contributed by atoms with Crippen molar-refractivity contribution in [3.8, 4) is 0 Å². The Labute approximate surface area is 128 Å². The van der Waals surface area contributed by atoms with E-state index in [1.54, 1.807) is 11.3 Å². The molecule has 0 bridgehead atoms. The number of nitrogens with zero attached hydrogens (tertiary/aromatic N) is 2. The highest BCUT2D eigenvalue weighted by atomic mass is 32.1. The summed E-state index contributed by atoms with van der Waals surface area (Å²) in [6.45, 7) is 6.25. The number of aromatic nitrogens is 2. The number of hydrogen-bond donors (Lipinski definition) is 2. The van der Waals surface area contributed by atoms with Crippen LogP contribution in [-0.4, -0.2) is 9.97 Å². The molecule has 0 unspecified atom stereocenters. The fourth-order valence-corrected chi connectivity index (χ4v) is 3.12. The highest BCUT2D eigenvalue weighted by Gasteiger charge is 2.24. The summed E-state index contributed by atoms with van der Waals surface area (Å²) in [5, 5.41) is 7.66. The van der Waals surface area contributed by atoms with Crippen LogP contribution in [0.5, 0.6) is 0 Å². The molecule has 21 heavy (non-hydrogen) atoms. The standard InChI is InChI=1S/C16H18N4S/c1-10-8-14(12-9-11(17)4-5-13(12)19-10)20-16(2,3)15-18-6-7-21-15/h4-9H,17H2,1-3H3,(H,19,20). The van der Waals surface area contributed by atoms with Gasteiger partial charge in [-0.1, -0.05) is 0 Å². The van der Waals surface area contributed by atoms with Gasteiger partial charge in [-0.2, -0.15) is 0 Å². The smallest absolute Gasteiger partial charge is 0.117 e. The Morgan fingerprint density at radius 2 is 2.05 bits per heavy atom. The molecule has 0 aliphatic carbocycles. The Kier molecular flexibility index (Phi) is 3.29. The van der Waals surface area contributed by atoms with Crippen molar-refractivity contribution in [3.63, 3.8) is 0 Å². The van der Waals surface area contributed by atoms with Crippen LogP contribution in [0.4, 0.5) is 11.4 Å². The number of aryl methyl sites for hydroxylation is 1. The van der Waals surface area contributed by atoms with E-state index in [-0.39, 0.29) is 5.54 Å². The molecule has 0 aliphatic heterocycles. The Bertz CT molecular complexity index is 778. The van der Waals surface area contributed by atoms with Gasteiger partial charge in [0.15, 0.2) is 0 Å². The molecule has 4 nitrogen and oxygen atoms in total. The second kappa shape index (κ2) is 5.00. The molecular formula is C16H18N4S. The molecule has 0 saturated carbocycles. The summed E-state index contributed by atoms with van der Waals surface area (Å²) in [5.41, 5.74) is 9.37. The van der Waals surface area contributed by atoms with E-state index in [1.165, 1.54) is 0 Å². The molecule has 1 aromatic carbocycles. The summed E-state index contributed by atoms with van der Waals surface area (Å²) in [7, 11) is 0. The first-order valence-corrected chi connectivity index (χ1v) is 7.69. The Morgan fingerprint density at radius 1 is 1.24 bits per heavy atom. The van der Waals surface area contributed by atoms with E-state index in [0.717, 1.165) is 33.0 Å². The van der Waals surface area contributed by atoms with Gasteiger partial charge in [0.05, 0.1) is 11.1 Å². The minimum absolute atomic E-state index is 0.251. The predicted octanol–water partition coefficient (Wildman–Crippen LogP) is 3.93. The third kappa shape index (κ3) is 2.69. The molecule has 0 aliphatic rings. The van der Waals surface area contributed by atoms with Crippen molar-refractivity contribution in [2.45, 2.75) is 26.3 Å². The molecule has 0 saturated heterocycles. The number of fused-ring (bicyclic) bond motifs is 1. The van der Waals surface area contributed by atoms with Gasteiger partial charge in [-0.15, -0.1) is 11.3 Å². The predicted molar refractivity (Wildman–Crippen MR) is 89.7 cm³/mol. The third-order valence-corrected chi connectivity index (χ3v) is 4.47. The minimum Gasteiger partial charge on any atom is -0.399 e. The zero-order valence-corrected chi connectivity index (χ0v) is 13.2. The molecule has 108 valence electrons. The maximum Gasteiger partial charge on any atom is 0.117 e. The molecule has 5 heteroatoms. The highest BCUT2D eigenvalue weighted by molar-refractivity contribution is 7.09. The lowest BCUT2D eigenvalue weighted by molar-refractivity contribution is 0.605. The molecule has 2 heterocycles. The molecule has 0 radical (unpaired) electrons. The van der Waals surface area contributed by atoms with Crippen molar-refractivity contribution in [3.05, 3.63) is 46.5 Å². The van der Waals surface area contributed by atoms with Crippen molar-refractivity contribution >= 4 is 33.6 Å². The second-order valence-corrected chi connectivity index (χ2v) is 6.57. The summed E-state index contributed by atoms with van der Waals surface area (Å²) in [5.74, 6) is 0. The van der Waals surface area contributed by atoms with Gasteiger partial charge in [0, 0.05) is 34.0 Å². The van der Waals surface area contributed by atoms with Gasteiger partial charge in [-0.25, -0.2) is 4.98 Å². The number of hydrogen-bond acceptors (Lipinski definition) is 5. The van der Waals surface area contributed by atoms with Gasteiger partial charge in [-0.3, -0.25) is 4.98 Å². The average molecular weight is 298 g/mol. The lowest BCUT2D eigenvalue weighted by Gasteiger charge is -2.26. The molecule has 2 aromatic heterocycles. The van der Waals surface area contributed by atoms with Gasteiger partial charge in [0.2, 0.25) is 0 Å². The number of benzene rings is 1. The molecule has 0 amide bonds. The van der Waals surface area contributed by atoms with E-state index in [4.69, 9.17) is 5.73 Å². The topological polar surface area (TPSA) is 63.8 Å². The van der Waals surface area contributed by atoms with Gasteiger partial charge < -0.3 is 11.1 Å². The van der Waals surface area contributed by atoms with Crippen LogP contribution in [0.15, 0.2) is 35.8 Å². The van der Waals surface area contributed by atoms with Crippen LogP contribution in [-0.2, 0) is 5.54 Å². The van der Waals surface area contributed by atoms with E-state index >= 15 is 0 Å². The highest BCUT2D eigenvalue weighted by Crippen LogP contribution is 2.32. The monoisotopic (exact) mass is 298 g/mol. The molecule has 0 atom stereocenters. The summed E-state index contributed by atoms with van der Waals surface area (Å²) in [6.07, 6.45) is 1.83. The van der Waals surface area contributed by atoms with Crippen molar-refractivity contribution in [1.82, 2.24) is 9.97 Å². The quantitative estimate of drug-likeness (QED) is 0.719. The maximum absolute atomic E-state index is 5.92. The molecule has 3 N–H and O–H groups in total. The van der Waals surface area contributed by atoms with Crippen molar-refractivity contribution < 1.29 is 0 Å². The van der Waals surface area contributed by atoms with Gasteiger partial charge in [0.1, 0.15) is 5.01 Å². The molecule has 3 aromatic rings. The second-order valence-electron chi connectivity index (χ2n) is 5.68. The summed E-state index contributed by atoms with van der Waals surface area (Å²) < 4.78 is 0. The van der Waals surface area contributed by atoms with Gasteiger partial charge >= 0.3 is 0 Å². The number of nitrogens with two attached hydrogens (primary N) is 1. The van der Waals surface area contributed by atoms with Crippen LogP contribution < -0.4 is 11.1 Å². The van der Waals surface area contributed by atoms with Crippen LogP contribution >= 0.6 is 11.3 Å². The lowest BCUT2D eigenvalue weighted by atomic mass is 10.0. The summed E-state index contributed by atoms with van der Waals surface area (Å²) >= 11 is 1.65. The van der Waals surface area contributed by atoms with Crippen LogP contribution in [0, 0.1) is 6.92 Å². The first-order chi connectivity index (χ1) is 9.95. The first-order valence-electron chi connectivity index (χ1n) is 6.81. The zero-order chi connectivity index (χ0) is 15.0. The molecule has 0 fully saturated rings. The summed E-state index contributed by atoms with van der Waals surface area (Å²) in [6, 6.07) is 7.85. The van der Waals surface area contributed by atoms with Crippen molar-refractivity contribution in [2.75, 3.05) is 11.1 Å². The number of nitrogens with one attached hydrogen (secondary N) is 1. The van der Waals surface area contributed by atoms with Crippen LogP contribution in [0.1, 0.15) is 24.5 Å². The number of anilines is 2. The van der Waals surface area contributed by atoms with Gasteiger partial charge in [0.25, 0.3) is 0 Å². The van der Waals surface area contributed by atoms with Crippen molar-refractivity contribution in [1.29, 1.82) is 0 Å². The number of thiazole rings is 1. The van der Waals surface area contributed by atoms with Crippen LogP contribution in [0.2, 0.25) is 0 Å². The van der Waals surface area contributed by atoms with E-state index in [2.05, 4.69) is 35.2 Å². The van der Waals surface area contributed by atoms with Crippen molar-refractivity contribution in [2.24, 2.45) is 0 Å². The fraction of sp³-hybridized carbons (Fsp3) is 0.250. The zero-order valence-electron chi connectivity index (χ0n) is 12.3. The largest absolute Gasteiger partial charge is 0.399 e. The molecular weight excluding hydrogens is 280 g/mol. The molecule has 3 rings (SSSR count). The number of nitrogen functional groups attached to an aromatic ring is 1. The Morgan fingerprint density at radius 3 is 2.76 bits per heavy atom. The maximum atomic E-state index is 5.92. The Balaban J connectivity index is 2.10. The lowest BCUT2D eigenvalue weighted by Crippen LogP contribution is -2.28. The average Bonchev–Trinajstić information content (AvgIpc) is 2.94. The van der Waals surface area contributed by atoms with E-state index in [1.807, 2.05) is 36.7 Å². The normalized spacial score (nSPS) is 11.8. The molecule has 0 spiro atoms. The SMILES string of the molecule is Cc1cc(NC(C)(C)c2nccs2)c2cc(N)ccc2n1.